The van der Waals surface area contributed by atoms with Crippen LogP contribution in [0.5, 0.6) is 0 Å². The molecular formula is C12H29IN4. The van der Waals surface area contributed by atoms with Gasteiger partial charge in [-0.1, -0.05) is 20.8 Å². The fourth-order valence-corrected chi connectivity index (χ4v) is 1.54. The van der Waals surface area contributed by atoms with Gasteiger partial charge in [0, 0.05) is 26.7 Å². The van der Waals surface area contributed by atoms with E-state index in [0.717, 1.165) is 38.6 Å². The zero-order chi connectivity index (χ0) is 12.2. The molecule has 0 aromatic rings. The lowest BCUT2D eigenvalue weighted by molar-refractivity contribution is 0.293. The van der Waals surface area contributed by atoms with Crippen molar-refractivity contribution < 1.29 is 0 Å². The monoisotopic (exact) mass is 356 g/mol. The number of aliphatic imine (C=N–C) groups is 1. The second-order valence-corrected chi connectivity index (χ2v) is 3.86. The maximum atomic E-state index is 4.17. The SMILES string of the molecule is CCCNC(=NC)NCCN(CC)CCC.I. The van der Waals surface area contributed by atoms with Crippen LogP contribution in [0.4, 0.5) is 0 Å². The van der Waals surface area contributed by atoms with Gasteiger partial charge in [-0.25, -0.2) is 0 Å². The molecule has 0 heterocycles. The highest BCUT2D eigenvalue weighted by Crippen LogP contribution is 1.88. The highest BCUT2D eigenvalue weighted by atomic mass is 127. The lowest BCUT2D eigenvalue weighted by Crippen LogP contribution is -2.41. The summed E-state index contributed by atoms with van der Waals surface area (Å²) in [7, 11) is 1.81. The van der Waals surface area contributed by atoms with Gasteiger partial charge in [-0.15, -0.1) is 24.0 Å². The van der Waals surface area contributed by atoms with Crippen molar-refractivity contribution in [3.05, 3.63) is 0 Å². The summed E-state index contributed by atoms with van der Waals surface area (Å²) in [5.41, 5.74) is 0. The Morgan fingerprint density at radius 3 is 2.12 bits per heavy atom. The predicted molar refractivity (Wildman–Crippen MR) is 87.5 cm³/mol. The van der Waals surface area contributed by atoms with E-state index in [1.807, 2.05) is 7.05 Å². The van der Waals surface area contributed by atoms with Crippen LogP contribution in [0.1, 0.15) is 33.6 Å². The van der Waals surface area contributed by atoms with Gasteiger partial charge in [0.25, 0.3) is 0 Å². The molecule has 0 aromatic heterocycles. The molecule has 0 spiro atoms. The largest absolute Gasteiger partial charge is 0.356 e. The Kier molecular flexibility index (Phi) is 15.9. The fraction of sp³-hybridized carbons (Fsp3) is 0.917. The number of nitrogens with zero attached hydrogens (tertiary/aromatic N) is 2. The molecule has 4 nitrogen and oxygen atoms in total. The quantitative estimate of drug-likeness (QED) is 0.397. The van der Waals surface area contributed by atoms with Crippen LogP contribution in [-0.2, 0) is 0 Å². The number of halogens is 1. The summed E-state index contributed by atoms with van der Waals surface area (Å²) in [5.74, 6) is 0.911. The average Bonchev–Trinajstić information content (AvgIpc) is 2.32. The molecule has 2 N–H and O–H groups in total. The Bertz CT molecular complexity index is 185. The van der Waals surface area contributed by atoms with Crippen LogP contribution in [0.25, 0.3) is 0 Å². The second kappa shape index (κ2) is 14.0. The van der Waals surface area contributed by atoms with Crippen molar-refractivity contribution >= 4 is 29.9 Å². The molecule has 0 aliphatic rings. The van der Waals surface area contributed by atoms with Gasteiger partial charge in [0.05, 0.1) is 0 Å². The molecule has 0 saturated carbocycles. The van der Waals surface area contributed by atoms with Crippen molar-refractivity contribution in [1.82, 2.24) is 15.5 Å². The first-order valence-corrected chi connectivity index (χ1v) is 6.45. The fourth-order valence-electron chi connectivity index (χ4n) is 1.54. The van der Waals surface area contributed by atoms with Gasteiger partial charge in [0.15, 0.2) is 5.96 Å². The number of guanidine groups is 1. The van der Waals surface area contributed by atoms with Gasteiger partial charge >= 0.3 is 0 Å². The lowest BCUT2D eigenvalue weighted by Gasteiger charge is -2.20. The van der Waals surface area contributed by atoms with E-state index in [1.54, 1.807) is 0 Å². The minimum absolute atomic E-state index is 0. The molecule has 0 bridgehead atoms. The smallest absolute Gasteiger partial charge is 0.191 e. The first-order valence-electron chi connectivity index (χ1n) is 6.45. The molecule has 0 rings (SSSR count). The topological polar surface area (TPSA) is 39.7 Å². The molecular weight excluding hydrogens is 327 g/mol. The molecule has 104 valence electrons. The Morgan fingerprint density at radius 1 is 1.00 bits per heavy atom. The van der Waals surface area contributed by atoms with Gasteiger partial charge in [-0.2, -0.15) is 0 Å². The normalized spacial score (nSPS) is 11.2. The van der Waals surface area contributed by atoms with Crippen LogP contribution in [0.2, 0.25) is 0 Å². The third-order valence-electron chi connectivity index (χ3n) is 2.47. The molecule has 0 aliphatic heterocycles. The minimum atomic E-state index is 0. The zero-order valence-corrected chi connectivity index (χ0v) is 14.1. The van der Waals surface area contributed by atoms with E-state index in [0.29, 0.717) is 0 Å². The van der Waals surface area contributed by atoms with E-state index in [4.69, 9.17) is 0 Å². The van der Waals surface area contributed by atoms with Crippen LogP contribution in [0, 0.1) is 0 Å². The molecule has 0 aromatic carbocycles. The summed E-state index contributed by atoms with van der Waals surface area (Å²) in [6.07, 6.45) is 2.34. The third-order valence-corrected chi connectivity index (χ3v) is 2.47. The molecule has 0 radical (unpaired) electrons. The van der Waals surface area contributed by atoms with Crippen LogP contribution in [0.15, 0.2) is 4.99 Å². The molecule has 0 atom stereocenters. The van der Waals surface area contributed by atoms with E-state index in [1.165, 1.54) is 13.0 Å². The molecule has 17 heavy (non-hydrogen) atoms. The van der Waals surface area contributed by atoms with Gasteiger partial charge in [-0.05, 0) is 25.9 Å². The summed E-state index contributed by atoms with van der Waals surface area (Å²) in [5, 5.41) is 6.59. The van der Waals surface area contributed by atoms with E-state index >= 15 is 0 Å². The van der Waals surface area contributed by atoms with Crippen LogP contribution in [0.3, 0.4) is 0 Å². The Hall–Kier alpha value is -0.0400. The number of rotatable bonds is 8. The number of hydrogen-bond donors (Lipinski definition) is 2. The first-order chi connectivity index (χ1) is 7.78. The van der Waals surface area contributed by atoms with Gasteiger partial charge in [-0.3, -0.25) is 4.99 Å². The van der Waals surface area contributed by atoms with Crippen molar-refractivity contribution in [2.45, 2.75) is 33.6 Å². The predicted octanol–water partition coefficient (Wildman–Crippen LogP) is 1.91. The Labute approximate surface area is 124 Å². The summed E-state index contributed by atoms with van der Waals surface area (Å²) in [6.45, 7) is 11.9. The summed E-state index contributed by atoms with van der Waals surface area (Å²) in [4.78, 5) is 6.61. The summed E-state index contributed by atoms with van der Waals surface area (Å²) < 4.78 is 0. The van der Waals surface area contributed by atoms with Crippen LogP contribution < -0.4 is 10.6 Å². The minimum Gasteiger partial charge on any atom is -0.356 e. The number of nitrogens with one attached hydrogen (secondary N) is 2. The van der Waals surface area contributed by atoms with Gasteiger partial charge in [0.2, 0.25) is 0 Å². The Balaban J connectivity index is 0. The second-order valence-electron chi connectivity index (χ2n) is 3.86. The Morgan fingerprint density at radius 2 is 1.65 bits per heavy atom. The molecule has 0 unspecified atom stereocenters. The highest BCUT2D eigenvalue weighted by Gasteiger charge is 2.01. The third kappa shape index (κ3) is 10.8. The molecule has 0 aliphatic carbocycles. The first kappa shape index (κ1) is 19.3. The molecule has 0 fully saturated rings. The van der Waals surface area contributed by atoms with Crippen LogP contribution >= 0.6 is 24.0 Å². The van der Waals surface area contributed by atoms with Crippen LogP contribution in [-0.4, -0.2) is 50.6 Å². The van der Waals surface area contributed by atoms with E-state index in [2.05, 4.69) is 41.3 Å². The zero-order valence-electron chi connectivity index (χ0n) is 11.8. The molecule has 0 amide bonds. The summed E-state index contributed by atoms with van der Waals surface area (Å²) in [6, 6.07) is 0. The van der Waals surface area contributed by atoms with E-state index < -0.39 is 0 Å². The number of hydrogen-bond acceptors (Lipinski definition) is 2. The van der Waals surface area contributed by atoms with E-state index in [-0.39, 0.29) is 24.0 Å². The highest BCUT2D eigenvalue weighted by molar-refractivity contribution is 14.0. The number of likely N-dealkylation sites (N-methyl/N-ethyl adjacent to an activating group) is 1. The standard InChI is InChI=1S/C12H28N4.HI/c1-5-8-14-12(13-4)15-9-11-16(7-3)10-6-2;/h5-11H2,1-4H3,(H2,13,14,15);1H. The molecule has 0 saturated heterocycles. The maximum Gasteiger partial charge on any atom is 0.191 e. The van der Waals surface area contributed by atoms with Crippen molar-refractivity contribution in [1.29, 1.82) is 0 Å². The average molecular weight is 356 g/mol. The maximum absolute atomic E-state index is 4.17. The van der Waals surface area contributed by atoms with E-state index in [9.17, 15) is 0 Å². The van der Waals surface area contributed by atoms with Crippen molar-refractivity contribution in [2.24, 2.45) is 4.99 Å². The van der Waals surface area contributed by atoms with Gasteiger partial charge in [0.1, 0.15) is 0 Å². The van der Waals surface area contributed by atoms with Crippen molar-refractivity contribution in [3.8, 4) is 0 Å². The summed E-state index contributed by atoms with van der Waals surface area (Å²) >= 11 is 0. The molecule has 5 heteroatoms. The van der Waals surface area contributed by atoms with Crippen molar-refractivity contribution in [2.75, 3.05) is 39.8 Å². The van der Waals surface area contributed by atoms with Crippen molar-refractivity contribution in [3.63, 3.8) is 0 Å². The van der Waals surface area contributed by atoms with Gasteiger partial charge < -0.3 is 15.5 Å². The lowest BCUT2D eigenvalue weighted by atomic mass is 10.4.